The van der Waals surface area contributed by atoms with E-state index in [0.29, 0.717) is 28.6 Å². The van der Waals surface area contributed by atoms with E-state index in [4.69, 9.17) is 0 Å². The lowest BCUT2D eigenvalue weighted by Gasteiger charge is -2.13. The number of nitrogens with zero attached hydrogens (tertiary/aromatic N) is 2. The van der Waals surface area contributed by atoms with Crippen molar-refractivity contribution in [2.45, 2.75) is 59.2 Å². The molecule has 0 unspecified atom stereocenters. The summed E-state index contributed by atoms with van der Waals surface area (Å²) in [5, 5.41) is 0. The third-order valence-corrected chi connectivity index (χ3v) is 5.86. The van der Waals surface area contributed by atoms with Crippen molar-refractivity contribution in [3.63, 3.8) is 0 Å². The smallest absolute Gasteiger partial charge is 0.318 e. The Balaban J connectivity index is 1.86. The van der Waals surface area contributed by atoms with Gasteiger partial charge in [0.1, 0.15) is 0 Å². The highest BCUT2D eigenvalue weighted by atomic mass is 19.4. The van der Waals surface area contributed by atoms with Gasteiger partial charge in [-0.15, -0.1) is 0 Å². The number of pyridine rings is 1. The molecule has 0 saturated carbocycles. The first-order chi connectivity index (χ1) is 14.7. The van der Waals surface area contributed by atoms with Crippen LogP contribution in [0, 0.1) is 13.8 Å². The van der Waals surface area contributed by atoms with Crippen LogP contribution in [0.3, 0.4) is 0 Å². The van der Waals surface area contributed by atoms with Gasteiger partial charge >= 0.3 is 6.18 Å². The molecule has 0 N–H and O–H groups in total. The molecule has 3 aromatic rings. The maximum atomic E-state index is 13.1. The molecule has 0 spiro atoms. The van der Waals surface area contributed by atoms with E-state index in [-0.39, 0.29) is 12.3 Å². The van der Waals surface area contributed by atoms with Gasteiger partial charge in [-0.2, -0.15) is 17.7 Å². The number of carbonyl (C=O) groups excluding carboxylic acids is 1. The Morgan fingerprint density at radius 1 is 1.03 bits per heavy atom. The molecule has 0 saturated heterocycles. The first-order valence-corrected chi connectivity index (χ1v) is 10.5. The molecule has 0 aliphatic heterocycles. The summed E-state index contributed by atoms with van der Waals surface area (Å²) in [5.74, 6) is 0.434. The molecule has 164 valence electrons. The van der Waals surface area contributed by atoms with Crippen molar-refractivity contribution in [3.05, 3.63) is 82.9 Å². The summed E-state index contributed by atoms with van der Waals surface area (Å²) in [6, 6.07) is 11.0. The Kier molecular flexibility index (Phi) is 6.68. The van der Waals surface area contributed by atoms with E-state index in [0.717, 1.165) is 25.0 Å². The van der Waals surface area contributed by atoms with Gasteiger partial charge in [-0.1, -0.05) is 19.9 Å². The number of halogens is 3. The lowest BCUT2D eigenvalue weighted by atomic mass is 9.95. The molecule has 1 aromatic carbocycles. The zero-order valence-electron chi connectivity index (χ0n) is 18.3. The minimum Gasteiger partial charge on any atom is -0.318 e. The number of ketones is 1. The number of aryl methyl sites for hydroxylation is 1. The molecule has 0 amide bonds. The van der Waals surface area contributed by atoms with Crippen LogP contribution in [-0.2, 0) is 12.7 Å². The van der Waals surface area contributed by atoms with Gasteiger partial charge in [-0.25, -0.2) is 0 Å². The molecule has 6 heteroatoms. The molecule has 0 radical (unpaired) electrons. The van der Waals surface area contributed by atoms with Gasteiger partial charge in [0.25, 0.3) is 0 Å². The lowest BCUT2D eigenvalue weighted by molar-refractivity contribution is -0.683. The minimum absolute atomic E-state index is 0.0772. The summed E-state index contributed by atoms with van der Waals surface area (Å²) in [6.45, 7) is 8.07. The topological polar surface area (TPSA) is 25.9 Å². The fourth-order valence-electron chi connectivity index (χ4n) is 4.12. The quantitative estimate of drug-likeness (QED) is 0.325. The summed E-state index contributed by atoms with van der Waals surface area (Å²) in [5.41, 5.74) is 2.82. The number of aromatic nitrogens is 2. The van der Waals surface area contributed by atoms with Gasteiger partial charge in [0.2, 0.25) is 12.3 Å². The summed E-state index contributed by atoms with van der Waals surface area (Å²) in [4.78, 5) is 13.0. The predicted molar refractivity (Wildman–Crippen MR) is 115 cm³/mol. The van der Waals surface area contributed by atoms with Gasteiger partial charge in [0.05, 0.1) is 5.56 Å². The normalized spacial score (nSPS) is 11.9. The molecule has 0 aliphatic rings. The number of benzene rings is 1. The third kappa shape index (κ3) is 4.89. The molecule has 3 nitrogen and oxygen atoms in total. The summed E-state index contributed by atoms with van der Waals surface area (Å²) >= 11 is 0. The number of hydrogen-bond donors (Lipinski definition) is 0. The number of hydrogen-bond acceptors (Lipinski definition) is 1. The summed E-state index contributed by atoms with van der Waals surface area (Å²) < 4.78 is 42.9. The van der Waals surface area contributed by atoms with Crippen molar-refractivity contribution in [3.8, 4) is 5.69 Å². The number of Topliss-reactive ketones (excluding diaryl/α,β-unsaturated/α-hetero) is 1. The highest BCUT2D eigenvalue weighted by molar-refractivity contribution is 5.96. The van der Waals surface area contributed by atoms with E-state index in [9.17, 15) is 18.0 Å². The molecule has 0 bridgehead atoms. The second-order valence-electron chi connectivity index (χ2n) is 7.91. The first-order valence-electron chi connectivity index (χ1n) is 10.5. The van der Waals surface area contributed by atoms with Crippen LogP contribution in [0.1, 0.15) is 65.5 Å². The Bertz CT molecular complexity index is 1060. The second kappa shape index (κ2) is 9.08. The molecule has 0 fully saturated rings. The van der Waals surface area contributed by atoms with E-state index < -0.39 is 11.7 Å². The largest absolute Gasteiger partial charge is 0.416 e. The fraction of sp³-hybridized carbons (Fsp3) is 0.360. The van der Waals surface area contributed by atoms with Gasteiger partial charge < -0.3 is 4.57 Å². The predicted octanol–water partition coefficient (Wildman–Crippen LogP) is 6.19. The van der Waals surface area contributed by atoms with Crippen molar-refractivity contribution >= 4 is 5.78 Å². The highest BCUT2D eigenvalue weighted by Gasteiger charge is 2.31. The number of rotatable bonds is 7. The van der Waals surface area contributed by atoms with Gasteiger partial charge in [0, 0.05) is 34.8 Å². The second-order valence-corrected chi connectivity index (χ2v) is 7.91. The van der Waals surface area contributed by atoms with E-state index >= 15 is 0 Å². The van der Waals surface area contributed by atoms with E-state index in [1.165, 1.54) is 11.6 Å². The van der Waals surface area contributed by atoms with Crippen LogP contribution < -0.4 is 4.57 Å². The van der Waals surface area contributed by atoms with Crippen LogP contribution >= 0.6 is 0 Å². The molecular formula is C25H28F3N2O+. The maximum Gasteiger partial charge on any atom is 0.416 e. The summed E-state index contributed by atoms with van der Waals surface area (Å²) in [6.07, 6.45) is 1.55. The van der Waals surface area contributed by atoms with Crippen LogP contribution in [0.4, 0.5) is 13.2 Å². The van der Waals surface area contributed by atoms with Crippen LogP contribution in [0.25, 0.3) is 5.69 Å². The van der Waals surface area contributed by atoms with E-state index in [2.05, 4.69) is 26.0 Å². The molecule has 31 heavy (non-hydrogen) atoms. The zero-order valence-corrected chi connectivity index (χ0v) is 18.3. The van der Waals surface area contributed by atoms with Gasteiger partial charge in [0.15, 0.2) is 12.4 Å². The Morgan fingerprint density at radius 2 is 1.68 bits per heavy atom. The van der Waals surface area contributed by atoms with Crippen molar-refractivity contribution in [2.24, 2.45) is 0 Å². The monoisotopic (exact) mass is 429 g/mol. The molecule has 3 rings (SSSR count). The van der Waals surface area contributed by atoms with Gasteiger partial charge in [-0.3, -0.25) is 4.79 Å². The van der Waals surface area contributed by atoms with Crippen LogP contribution in [0.15, 0.2) is 54.9 Å². The minimum atomic E-state index is -4.42. The van der Waals surface area contributed by atoms with E-state index in [1.807, 2.05) is 17.0 Å². The average molecular weight is 430 g/mol. The van der Waals surface area contributed by atoms with Crippen LogP contribution in [-0.4, -0.2) is 10.4 Å². The molecule has 2 aromatic heterocycles. The maximum absolute atomic E-state index is 13.1. The standard InChI is InChI=1S/C25H28F3N2O/c1-5-19(6-2)20-10-12-29(13-11-20)16-24(31)23-14-17(3)30(18(23)4)22-9-7-8-21(15-22)25(26,27)28/h7-15,19H,5-6,16H2,1-4H3/q+1. The Hall–Kier alpha value is -2.89. The molecule has 0 aliphatic carbocycles. The molecule has 0 atom stereocenters. The molecular weight excluding hydrogens is 401 g/mol. The zero-order chi connectivity index (χ0) is 22.8. The van der Waals surface area contributed by atoms with Crippen LogP contribution in [0.5, 0.6) is 0 Å². The van der Waals surface area contributed by atoms with Crippen molar-refractivity contribution in [1.29, 1.82) is 0 Å². The van der Waals surface area contributed by atoms with Gasteiger partial charge in [-0.05, 0) is 62.4 Å². The SMILES string of the molecule is CCC(CC)c1cc[n+](CC(=O)c2cc(C)n(-c3cccc(C(F)(F)F)c3)c2C)cc1. The fourth-order valence-corrected chi connectivity index (χ4v) is 4.12. The Labute approximate surface area is 181 Å². The number of carbonyl (C=O) groups is 1. The Morgan fingerprint density at radius 3 is 2.26 bits per heavy atom. The van der Waals surface area contributed by atoms with Crippen LogP contribution in [0.2, 0.25) is 0 Å². The first kappa shape index (κ1) is 22.8. The van der Waals surface area contributed by atoms with Crippen molar-refractivity contribution < 1.29 is 22.5 Å². The average Bonchev–Trinajstić information content (AvgIpc) is 3.03. The van der Waals surface area contributed by atoms with E-state index in [1.54, 1.807) is 30.5 Å². The lowest BCUT2D eigenvalue weighted by Crippen LogP contribution is -2.37. The van der Waals surface area contributed by atoms with Crippen molar-refractivity contribution in [1.82, 2.24) is 4.57 Å². The third-order valence-electron chi connectivity index (χ3n) is 5.86. The number of alkyl halides is 3. The highest BCUT2D eigenvalue weighted by Crippen LogP contribution is 2.31. The van der Waals surface area contributed by atoms with Crippen molar-refractivity contribution in [2.75, 3.05) is 0 Å². The summed E-state index contributed by atoms with van der Waals surface area (Å²) in [7, 11) is 0. The molecule has 2 heterocycles.